The zero-order valence-corrected chi connectivity index (χ0v) is 11.1. The first kappa shape index (κ1) is 13.8. The molecule has 7 heteroatoms. The van der Waals surface area contributed by atoms with Crippen molar-refractivity contribution in [2.75, 3.05) is 32.1 Å². The van der Waals surface area contributed by atoms with Gasteiger partial charge in [-0.05, 0) is 25.2 Å². The third-order valence-corrected chi connectivity index (χ3v) is 5.69. The molecule has 18 heavy (non-hydrogen) atoms. The molecule has 104 valence electrons. The van der Waals surface area contributed by atoms with Gasteiger partial charge in [-0.1, -0.05) is 0 Å². The minimum absolute atomic E-state index is 0.126. The Morgan fingerprint density at radius 3 is 2.50 bits per heavy atom. The van der Waals surface area contributed by atoms with Crippen molar-refractivity contribution < 1.29 is 23.1 Å². The van der Waals surface area contributed by atoms with Gasteiger partial charge in [-0.15, -0.1) is 0 Å². The molecule has 1 N–H and O–H groups in total. The van der Waals surface area contributed by atoms with E-state index in [1.807, 2.05) is 0 Å². The van der Waals surface area contributed by atoms with Gasteiger partial charge in [-0.3, -0.25) is 4.79 Å². The maximum absolute atomic E-state index is 12.2. The van der Waals surface area contributed by atoms with E-state index in [1.165, 1.54) is 4.31 Å². The molecule has 1 atom stereocenters. The molecule has 0 bridgehead atoms. The van der Waals surface area contributed by atoms with Gasteiger partial charge >= 0.3 is 5.97 Å². The van der Waals surface area contributed by atoms with Gasteiger partial charge in [-0.25, -0.2) is 12.7 Å². The Kier molecular flexibility index (Phi) is 4.24. The van der Waals surface area contributed by atoms with Crippen molar-refractivity contribution in [3.63, 3.8) is 0 Å². The minimum atomic E-state index is -3.31. The van der Waals surface area contributed by atoms with Crippen LogP contribution in [-0.2, 0) is 19.6 Å². The van der Waals surface area contributed by atoms with Crippen LogP contribution in [0.1, 0.15) is 19.3 Å². The van der Waals surface area contributed by atoms with E-state index in [-0.39, 0.29) is 18.2 Å². The summed E-state index contributed by atoms with van der Waals surface area (Å²) in [5.41, 5.74) is 0. The first-order chi connectivity index (χ1) is 8.49. The number of aliphatic carboxylic acids is 1. The van der Waals surface area contributed by atoms with Crippen molar-refractivity contribution in [1.29, 1.82) is 0 Å². The highest BCUT2D eigenvalue weighted by molar-refractivity contribution is 7.89. The first-order valence-electron chi connectivity index (χ1n) is 6.27. The second kappa shape index (κ2) is 5.54. The van der Waals surface area contributed by atoms with Crippen LogP contribution in [0.3, 0.4) is 0 Å². The Labute approximate surface area is 107 Å². The number of carboxylic acid groups (broad SMARTS) is 1. The summed E-state index contributed by atoms with van der Waals surface area (Å²) in [5.74, 6) is -1.18. The number of nitrogens with zero attached hydrogens (tertiary/aromatic N) is 1. The van der Waals surface area contributed by atoms with Crippen LogP contribution in [0.4, 0.5) is 0 Å². The van der Waals surface area contributed by atoms with E-state index in [4.69, 9.17) is 9.84 Å². The van der Waals surface area contributed by atoms with Crippen molar-refractivity contribution >= 4 is 16.0 Å². The second-order valence-corrected chi connectivity index (χ2v) is 7.03. The zero-order valence-electron chi connectivity index (χ0n) is 10.2. The van der Waals surface area contributed by atoms with Crippen LogP contribution in [0.15, 0.2) is 0 Å². The summed E-state index contributed by atoms with van der Waals surface area (Å²) in [6.07, 6.45) is 1.97. The van der Waals surface area contributed by atoms with Crippen LogP contribution in [0.5, 0.6) is 0 Å². The topological polar surface area (TPSA) is 83.9 Å². The van der Waals surface area contributed by atoms with Crippen molar-refractivity contribution in [3.8, 4) is 0 Å². The maximum atomic E-state index is 12.2. The van der Waals surface area contributed by atoms with Gasteiger partial charge in [0.1, 0.15) is 0 Å². The summed E-state index contributed by atoms with van der Waals surface area (Å²) in [6.45, 7) is 1.71. The Hall–Kier alpha value is -0.660. The highest BCUT2D eigenvalue weighted by atomic mass is 32.2. The van der Waals surface area contributed by atoms with E-state index in [0.29, 0.717) is 26.2 Å². The lowest BCUT2D eigenvalue weighted by atomic mass is 10.0. The molecule has 6 nitrogen and oxygen atoms in total. The summed E-state index contributed by atoms with van der Waals surface area (Å²) in [6, 6.07) is 0. The standard InChI is InChI=1S/C11H19NO5S/c13-11(14)10-1-4-12(7-10)18(15,16)8-9-2-5-17-6-3-9/h9-10H,1-8H2,(H,13,14). The zero-order chi connectivity index (χ0) is 13.2. The Morgan fingerprint density at radius 2 is 1.94 bits per heavy atom. The fourth-order valence-electron chi connectivity index (χ4n) is 2.50. The molecule has 2 saturated heterocycles. The van der Waals surface area contributed by atoms with Crippen molar-refractivity contribution in [1.82, 2.24) is 4.31 Å². The Bertz CT molecular complexity index is 402. The summed E-state index contributed by atoms with van der Waals surface area (Å²) in [4.78, 5) is 10.8. The molecule has 0 amide bonds. The average molecular weight is 277 g/mol. The van der Waals surface area contributed by atoms with Crippen molar-refractivity contribution in [2.45, 2.75) is 19.3 Å². The van der Waals surface area contributed by atoms with Crippen LogP contribution in [0, 0.1) is 11.8 Å². The molecule has 0 radical (unpaired) electrons. The van der Waals surface area contributed by atoms with E-state index in [1.54, 1.807) is 0 Å². The van der Waals surface area contributed by atoms with Gasteiger partial charge in [-0.2, -0.15) is 0 Å². The molecular formula is C11H19NO5S. The lowest BCUT2D eigenvalue weighted by molar-refractivity contribution is -0.141. The summed E-state index contributed by atoms with van der Waals surface area (Å²) in [7, 11) is -3.31. The van der Waals surface area contributed by atoms with Crippen molar-refractivity contribution in [2.24, 2.45) is 11.8 Å². The van der Waals surface area contributed by atoms with Gasteiger partial charge in [0.15, 0.2) is 0 Å². The van der Waals surface area contributed by atoms with Crippen LogP contribution >= 0.6 is 0 Å². The van der Waals surface area contributed by atoms with Crippen LogP contribution in [-0.4, -0.2) is 55.9 Å². The van der Waals surface area contributed by atoms with E-state index < -0.39 is 21.9 Å². The van der Waals surface area contributed by atoms with Gasteiger partial charge in [0, 0.05) is 26.3 Å². The molecule has 1 unspecified atom stereocenters. The fourth-order valence-corrected chi connectivity index (χ4v) is 4.43. The largest absolute Gasteiger partial charge is 0.481 e. The van der Waals surface area contributed by atoms with Gasteiger partial charge in [0.2, 0.25) is 10.0 Å². The van der Waals surface area contributed by atoms with Crippen molar-refractivity contribution in [3.05, 3.63) is 0 Å². The SMILES string of the molecule is O=C(O)C1CCN(S(=O)(=O)CC2CCOCC2)C1. The molecule has 2 heterocycles. The molecule has 2 fully saturated rings. The quantitative estimate of drug-likeness (QED) is 0.790. The molecule has 0 aromatic rings. The first-order valence-corrected chi connectivity index (χ1v) is 7.88. The number of sulfonamides is 1. The summed E-state index contributed by atoms with van der Waals surface area (Å²) >= 11 is 0. The monoisotopic (exact) mass is 277 g/mol. The summed E-state index contributed by atoms with van der Waals surface area (Å²) < 4.78 is 30.9. The Morgan fingerprint density at radius 1 is 1.28 bits per heavy atom. The molecule has 2 rings (SSSR count). The average Bonchev–Trinajstić information content (AvgIpc) is 2.79. The molecule has 2 aliphatic rings. The van der Waals surface area contributed by atoms with E-state index in [2.05, 4.69) is 0 Å². The molecule has 0 aromatic heterocycles. The number of rotatable bonds is 4. The fraction of sp³-hybridized carbons (Fsp3) is 0.909. The van der Waals surface area contributed by atoms with Crippen LogP contribution < -0.4 is 0 Å². The minimum Gasteiger partial charge on any atom is -0.481 e. The lowest BCUT2D eigenvalue weighted by Gasteiger charge is -2.24. The molecule has 0 aromatic carbocycles. The van der Waals surface area contributed by atoms with E-state index >= 15 is 0 Å². The van der Waals surface area contributed by atoms with E-state index in [9.17, 15) is 13.2 Å². The normalized spacial score (nSPS) is 27.4. The molecular weight excluding hydrogens is 258 g/mol. The third-order valence-electron chi connectivity index (χ3n) is 3.68. The molecule has 0 spiro atoms. The lowest BCUT2D eigenvalue weighted by Crippen LogP contribution is -2.35. The maximum Gasteiger partial charge on any atom is 0.307 e. The second-order valence-electron chi connectivity index (χ2n) is 5.02. The number of hydrogen-bond acceptors (Lipinski definition) is 4. The molecule has 2 aliphatic heterocycles. The van der Waals surface area contributed by atoms with Gasteiger partial charge < -0.3 is 9.84 Å². The van der Waals surface area contributed by atoms with Crippen LogP contribution in [0.2, 0.25) is 0 Å². The third kappa shape index (κ3) is 3.21. The summed E-state index contributed by atoms with van der Waals surface area (Å²) in [5, 5.41) is 8.88. The molecule has 0 saturated carbocycles. The van der Waals surface area contributed by atoms with Gasteiger partial charge in [0.25, 0.3) is 0 Å². The molecule has 0 aliphatic carbocycles. The number of hydrogen-bond donors (Lipinski definition) is 1. The number of carbonyl (C=O) groups is 1. The van der Waals surface area contributed by atoms with Gasteiger partial charge in [0.05, 0.1) is 11.7 Å². The smallest absolute Gasteiger partial charge is 0.307 e. The number of ether oxygens (including phenoxy) is 1. The van der Waals surface area contributed by atoms with Crippen LogP contribution in [0.25, 0.3) is 0 Å². The highest BCUT2D eigenvalue weighted by Crippen LogP contribution is 2.24. The highest BCUT2D eigenvalue weighted by Gasteiger charge is 2.36. The number of carboxylic acids is 1. The predicted molar refractivity (Wildman–Crippen MR) is 64.6 cm³/mol. The van der Waals surface area contributed by atoms with E-state index in [0.717, 1.165) is 12.8 Å². The predicted octanol–water partition coefficient (Wildman–Crippen LogP) is 0.149. The Balaban J connectivity index is 1.92.